The summed E-state index contributed by atoms with van der Waals surface area (Å²) in [5, 5.41) is 0. The maximum Gasteiger partial charge on any atom is 0.311 e. The van der Waals surface area contributed by atoms with E-state index in [4.69, 9.17) is 18.9 Å². The number of amides is 2. The van der Waals surface area contributed by atoms with Gasteiger partial charge in [-0.15, -0.1) is 0 Å². The summed E-state index contributed by atoms with van der Waals surface area (Å²) < 4.78 is 20.9. The summed E-state index contributed by atoms with van der Waals surface area (Å²) >= 11 is 0. The lowest BCUT2D eigenvalue weighted by Gasteiger charge is -2.26. The van der Waals surface area contributed by atoms with Gasteiger partial charge >= 0.3 is 5.97 Å². The first-order valence-corrected chi connectivity index (χ1v) is 9.08. The second kappa shape index (κ2) is 8.92. The molecule has 2 saturated heterocycles. The molecule has 1 aromatic carbocycles. The van der Waals surface area contributed by atoms with Crippen LogP contribution >= 0.6 is 0 Å². The SMILES string of the molecule is COc1ccc(N2C[C@@H](C(=O)OCC(=O)N3CCOCC3)CC2=O)c(OC)c1. The van der Waals surface area contributed by atoms with Crippen LogP contribution in [0.1, 0.15) is 6.42 Å². The summed E-state index contributed by atoms with van der Waals surface area (Å²) in [5.74, 6) is -0.560. The number of carbonyl (C=O) groups excluding carboxylic acids is 3. The fraction of sp³-hybridized carbons (Fsp3) is 0.526. The van der Waals surface area contributed by atoms with Crippen LogP contribution in [0.5, 0.6) is 11.5 Å². The minimum absolute atomic E-state index is 0.0275. The van der Waals surface area contributed by atoms with Gasteiger partial charge < -0.3 is 28.7 Å². The van der Waals surface area contributed by atoms with Gasteiger partial charge in [0.1, 0.15) is 11.5 Å². The van der Waals surface area contributed by atoms with Crippen LogP contribution in [-0.2, 0) is 23.9 Å². The molecule has 1 aromatic rings. The zero-order valence-electron chi connectivity index (χ0n) is 16.0. The molecule has 2 heterocycles. The van der Waals surface area contributed by atoms with Crippen LogP contribution < -0.4 is 14.4 Å². The molecule has 3 rings (SSSR count). The first-order chi connectivity index (χ1) is 13.5. The molecule has 0 aromatic heterocycles. The Bertz CT molecular complexity index is 746. The van der Waals surface area contributed by atoms with Gasteiger partial charge in [-0.1, -0.05) is 0 Å². The van der Waals surface area contributed by atoms with E-state index in [-0.39, 0.29) is 31.4 Å². The highest BCUT2D eigenvalue weighted by atomic mass is 16.5. The number of hydrogen-bond donors (Lipinski definition) is 0. The number of rotatable bonds is 6. The molecule has 28 heavy (non-hydrogen) atoms. The molecule has 0 spiro atoms. The Morgan fingerprint density at radius 1 is 1.18 bits per heavy atom. The summed E-state index contributed by atoms with van der Waals surface area (Å²) in [6, 6.07) is 5.11. The summed E-state index contributed by atoms with van der Waals surface area (Å²) in [6.07, 6.45) is 0.0275. The van der Waals surface area contributed by atoms with Crippen molar-refractivity contribution in [3.05, 3.63) is 18.2 Å². The van der Waals surface area contributed by atoms with Crippen molar-refractivity contribution in [2.75, 3.05) is 58.6 Å². The highest BCUT2D eigenvalue weighted by molar-refractivity contribution is 6.00. The van der Waals surface area contributed by atoms with Crippen molar-refractivity contribution in [1.29, 1.82) is 0 Å². The van der Waals surface area contributed by atoms with Crippen LogP contribution in [0.25, 0.3) is 0 Å². The Kier molecular flexibility index (Phi) is 6.35. The van der Waals surface area contributed by atoms with Crippen molar-refractivity contribution >= 4 is 23.5 Å². The van der Waals surface area contributed by atoms with Gasteiger partial charge in [0, 0.05) is 32.1 Å². The van der Waals surface area contributed by atoms with Crippen LogP contribution in [0, 0.1) is 5.92 Å². The molecule has 9 heteroatoms. The summed E-state index contributed by atoms with van der Waals surface area (Å²) in [7, 11) is 3.04. The van der Waals surface area contributed by atoms with E-state index in [0.717, 1.165) is 0 Å². The van der Waals surface area contributed by atoms with E-state index >= 15 is 0 Å². The molecular formula is C19H24N2O7. The number of methoxy groups -OCH3 is 2. The Labute approximate surface area is 163 Å². The van der Waals surface area contributed by atoms with E-state index in [0.29, 0.717) is 43.5 Å². The number of nitrogens with zero attached hydrogens (tertiary/aromatic N) is 2. The summed E-state index contributed by atoms with van der Waals surface area (Å²) in [4.78, 5) is 40.0. The predicted molar refractivity (Wildman–Crippen MR) is 98.4 cm³/mol. The van der Waals surface area contributed by atoms with E-state index in [2.05, 4.69) is 0 Å². The van der Waals surface area contributed by atoms with E-state index in [1.165, 1.54) is 12.0 Å². The molecule has 2 aliphatic rings. The minimum atomic E-state index is -0.628. The van der Waals surface area contributed by atoms with E-state index in [1.54, 1.807) is 30.2 Å². The van der Waals surface area contributed by atoms with Crippen molar-refractivity contribution in [2.24, 2.45) is 5.92 Å². The average molecular weight is 392 g/mol. The van der Waals surface area contributed by atoms with E-state index < -0.39 is 11.9 Å². The molecule has 0 bridgehead atoms. The zero-order valence-corrected chi connectivity index (χ0v) is 16.0. The first kappa shape index (κ1) is 19.9. The zero-order chi connectivity index (χ0) is 20.1. The predicted octanol–water partition coefficient (Wildman–Crippen LogP) is 0.459. The second-order valence-electron chi connectivity index (χ2n) is 6.54. The molecule has 0 radical (unpaired) electrons. The number of anilines is 1. The average Bonchev–Trinajstić information content (AvgIpc) is 3.13. The highest BCUT2D eigenvalue weighted by Gasteiger charge is 2.37. The molecule has 2 fully saturated rings. The van der Waals surface area contributed by atoms with Gasteiger partial charge in [-0.05, 0) is 12.1 Å². The van der Waals surface area contributed by atoms with Gasteiger partial charge in [0.05, 0.1) is 39.0 Å². The third-order valence-electron chi connectivity index (χ3n) is 4.84. The Morgan fingerprint density at radius 2 is 1.93 bits per heavy atom. The molecular weight excluding hydrogens is 368 g/mol. The second-order valence-corrected chi connectivity index (χ2v) is 6.54. The van der Waals surface area contributed by atoms with Crippen molar-refractivity contribution in [3.8, 4) is 11.5 Å². The molecule has 0 unspecified atom stereocenters. The summed E-state index contributed by atoms with van der Waals surface area (Å²) in [5.41, 5.74) is 0.563. The lowest BCUT2D eigenvalue weighted by atomic mass is 10.1. The maximum atomic E-state index is 12.4. The van der Waals surface area contributed by atoms with Gasteiger partial charge in [-0.3, -0.25) is 14.4 Å². The number of hydrogen-bond acceptors (Lipinski definition) is 7. The number of morpholine rings is 1. The van der Waals surface area contributed by atoms with Crippen LogP contribution in [0.15, 0.2) is 18.2 Å². The lowest BCUT2D eigenvalue weighted by Crippen LogP contribution is -2.43. The van der Waals surface area contributed by atoms with E-state index in [1.807, 2.05) is 0 Å². The standard InChI is InChI=1S/C19H24N2O7/c1-25-14-3-4-15(16(10-14)26-2)21-11-13(9-17(21)22)19(24)28-12-18(23)20-5-7-27-8-6-20/h3-4,10,13H,5-9,11-12H2,1-2H3/t13-/m0/s1. The topological polar surface area (TPSA) is 94.6 Å². The van der Waals surface area contributed by atoms with Crippen molar-refractivity contribution in [3.63, 3.8) is 0 Å². The number of carbonyl (C=O) groups is 3. The number of benzene rings is 1. The van der Waals surface area contributed by atoms with Crippen molar-refractivity contribution in [2.45, 2.75) is 6.42 Å². The molecule has 2 amide bonds. The Balaban J connectivity index is 1.59. The van der Waals surface area contributed by atoms with Crippen molar-refractivity contribution < 1.29 is 33.3 Å². The van der Waals surface area contributed by atoms with Gasteiger partial charge in [-0.2, -0.15) is 0 Å². The third kappa shape index (κ3) is 4.36. The fourth-order valence-electron chi connectivity index (χ4n) is 3.26. The van der Waals surface area contributed by atoms with Gasteiger partial charge in [0.25, 0.3) is 5.91 Å². The molecule has 0 aliphatic carbocycles. The Hall–Kier alpha value is -2.81. The van der Waals surface area contributed by atoms with Crippen LogP contribution in [-0.4, -0.2) is 76.4 Å². The molecule has 2 aliphatic heterocycles. The Morgan fingerprint density at radius 3 is 2.61 bits per heavy atom. The maximum absolute atomic E-state index is 12.4. The van der Waals surface area contributed by atoms with Gasteiger partial charge in [-0.25, -0.2) is 0 Å². The normalized spacial score (nSPS) is 19.5. The minimum Gasteiger partial charge on any atom is -0.497 e. The van der Waals surface area contributed by atoms with Gasteiger partial charge in [0.2, 0.25) is 5.91 Å². The third-order valence-corrected chi connectivity index (χ3v) is 4.84. The highest BCUT2D eigenvalue weighted by Crippen LogP contribution is 2.36. The van der Waals surface area contributed by atoms with Crippen LogP contribution in [0.2, 0.25) is 0 Å². The largest absolute Gasteiger partial charge is 0.497 e. The molecule has 1 atom stereocenters. The number of ether oxygens (including phenoxy) is 4. The molecule has 0 saturated carbocycles. The smallest absolute Gasteiger partial charge is 0.311 e. The first-order valence-electron chi connectivity index (χ1n) is 9.08. The fourth-order valence-corrected chi connectivity index (χ4v) is 3.26. The van der Waals surface area contributed by atoms with Crippen LogP contribution in [0.4, 0.5) is 5.69 Å². The molecule has 9 nitrogen and oxygen atoms in total. The van der Waals surface area contributed by atoms with Gasteiger partial charge in [0.15, 0.2) is 6.61 Å². The van der Waals surface area contributed by atoms with E-state index in [9.17, 15) is 14.4 Å². The van der Waals surface area contributed by atoms with Crippen LogP contribution in [0.3, 0.4) is 0 Å². The van der Waals surface area contributed by atoms with Crippen molar-refractivity contribution in [1.82, 2.24) is 4.90 Å². The molecule has 0 N–H and O–H groups in total. The monoisotopic (exact) mass is 392 g/mol. The lowest BCUT2D eigenvalue weighted by molar-refractivity contribution is -0.156. The molecule has 152 valence electrons. The summed E-state index contributed by atoms with van der Waals surface area (Å²) in [6.45, 7) is 1.79. The number of esters is 1. The quantitative estimate of drug-likeness (QED) is 0.649.